The zero-order valence-corrected chi connectivity index (χ0v) is 16.7. The van der Waals surface area contributed by atoms with Gasteiger partial charge in [-0.2, -0.15) is 0 Å². The lowest BCUT2D eigenvalue weighted by Crippen LogP contribution is -2.55. The smallest absolute Gasteiger partial charge is 0.222 e. The Morgan fingerprint density at radius 1 is 1.19 bits per heavy atom. The van der Waals surface area contributed by atoms with Crippen LogP contribution in [0.15, 0.2) is 18.2 Å². The molecule has 148 valence electrons. The summed E-state index contributed by atoms with van der Waals surface area (Å²) in [5.41, 5.74) is 1.47. The van der Waals surface area contributed by atoms with Crippen LogP contribution in [-0.4, -0.2) is 61.6 Å². The molecule has 3 fully saturated rings. The minimum absolute atomic E-state index is 0.302. The molecule has 1 amide bonds. The SMILES string of the molecule is COc1cc(C)ccc1OCCN1CCC[C@]2(CCC(=O)N(C3CC3)C2)C1. The number of methoxy groups -OCH3 is 1. The van der Waals surface area contributed by atoms with Crippen LogP contribution in [0.5, 0.6) is 11.5 Å². The van der Waals surface area contributed by atoms with E-state index in [4.69, 9.17) is 9.47 Å². The van der Waals surface area contributed by atoms with Crippen molar-refractivity contribution in [2.24, 2.45) is 5.41 Å². The molecule has 5 heteroatoms. The maximum absolute atomic E-state index is 12.3. The second-order valence-electron chi connectivity index (χ2n) is 8.64. The number of aryl methyl sites for hydroxylation is 1. The maximum atomic E-state index is 12.3. The molecule has 2 heterocycles. The van der Waals surface area contributed by atoms with Gasteiger partial charge in [-0.3, -0.25) is 9.69 Å². The van der Waals surface area contributed by atoms with E-state index in [0.29, 0.717) is 24.0 Å². The lowest BCUT2D eigenvalue weighted by molar-refractivity contribution is -0.140. The van der Waals surface area contributed by atoms with Crippen LogP contribution in [-0.2, 0) is 4.79 Å². The Balaban J connectivity index is 1.32. The molecule has 1 atom stereocenters. The first-order valence-corrected chi connectivity index (χ1v) is 10.4. The molecule has 2 saturated heterocycles. The van der Waals surface area contributed by atoms with Gasteiger partial charge in [-0.25, -0.2) is 0 Å². The average molecular weight is 373 g/mol. The third-order valence-electron chi connectivity index (χ3n) is 6.41. The summed E-state index contributed by atoms with van der Waals surface area (Å²) in [6.07, 6.45) is 6.68. The van der Waals surface area contributed by atoms with Crippen molar-refractivity contribution in [1.29, 1.82) is 0 Å². The summed E-state index contributed by atoms with van der Waals surface area (Å²) < 4.78 is 11.4. The maximum Gasteiger partial charge on any atom is 0.222 e. The van der Waals surface area contributed by atoms with E-state index >= 15 is 0 Å². The van der Waals surface area contributed by atoms with Crippen LogP contribution < -0.4 is 9.47 Å². The molecule has 1 saturated carbocycles. The Bertz CT molecular complexity index is 688. The number of piperidine rings is 2. The summed E-state index contributed by atoms with van der Waals surface area (Å²) >= 11 is 0. The number of likely N-dealkylation sites (tertiary alicyclic amines) is 2. The summed E-state index contributed by atoms with van der Waals surface area (Å²) in [5, 5.41) is 0. The minimum atomic E-state index is 0.302. The van der Waals surface area contributed by atoms with Crippen LogP contribution in [0.1, 0.15) is 44.1 Å². The largest absolute Gasteiger partial charge is 0.493 e. The summed E-state index contributed by atoms with van der Waals surface area (Å²) in [6, 6.07) is 6.60. The zero-order chi connectivity index (χ0) is 18.9. The van der Waals surface area contributed by atoms with Crippen LogP contribution in [0.2, 0.25) is 0 Å². The van der Waals surface area contributed by atoms with Crippen molar-refractivity contribution in [2.75, 3.05) is 39.9 Å². The monoisotopic (exact) mass is 372 g/mol. The predicted octanol–water partition coefficient (Wildman–Crippen LogP) is 3.25. The number of carbonyl (C=O) groups is 1. The van der Waals surface area contributed by atoms with Crippen molar-refractivity contribution < 1.29 is 14.3 Å². The molecule has 1 spiro atoms. The second-order valence-corrected chi connectivity index (χ2v) is 8.64. The summed E-state index contributed by atoms with van der Waals surface area (Å²) in [6.45, 7) is 6.85. The standard InChI is InChI=1S/C22H32N2O3/c1-17-4-7-19(20(14-17)26-2)27-13-12-23-11-3-9-22(15-23)10-8-21(25)24(16-22)18-5-6-18/h4,7,14,18H,3,5-6,8-13,15-16H2,1-2H3/t22-/m0/s1. The van der Waals surface area contributed by atoms with Crippen molar-refractivity contribution in [3.63, 3.8) is 0 Å². The van der Waals surface area contributed by atoms with E-state index < -0.39 is 0 Å². The molecule has 4 rings (SSSR count). The van der Waals surface area contributed by atoms with Crippen molar-refractivity contribution in [2.45, 2.75) is 51.5 Å². The first-order valence-electron chi connectivity index (χ1n) is 10.4. The van der Waals surface area contributed by atoms with Crippen LogP contribution in [0.3, 0.4) is 0 Å². The van der Waals surface area contributed by atoms with Gasteiger partial charge < -0.3 is 14.4 Å². The molecule has 0 aromatic heterocycles. The Morgan fingerprint density at radius 3 is 2.81 bits per heavy atom. The van der Waals surface area contributed by atoms with E-state index in [1.807, 2.05) is 12.1 Å². The van der Waals surface area contributed by atoms with Crippen LogP contribution >= 0.6 is 0 Å². The molecule has 1 aromatic carbocycles. The third kappa shape index (κ3) is 4.23. The number of ether oxygens (including phenoxy) is 2. The Hall–Kier alpha value is -1.75. The lowest BCUT2D eigenvalue weighted by atomic mass is 9.73. The van der Waals surface area contributed by atoms with Crippen molar-refractivity contribution in [3.8, 4) is 11.5 Å². The number of rotatable bonds is 6. The van der Waals surface area contributed by atoms with Gasteiger partial charge >= 0.3 is 0 Å². The Morgan fingerprint density at radius 2 is 2.04 bits per heavy atom. The van der Waals surface area contributed by atoms with Gasteiger partial charge in [0, 0.05) is 37.5 Å². The number of carbonyl (C=O) groups excluding carboxylic acids is 1. The van der Waals surface area contributed by atoms with Crippen molar-refractivity contribution in [3.05, 3.63) is 23.8 Å². The Kier molecular flexibility index (Phi) is 5.31. The van der Waals surface area contributed by atoms with E-state index in [0.717, 1.165) is 50.5 Å². The summed E-state index contributed by atoms with van der Waals surface area (Å²) in [5.74, 6) is 2.00. The fraction of sp³-hybridized carbons (Fsp3) is 0.682. The zero-order valence-electron chi connectivity index (χ0n) is 16.7. The first-order chi connectivity index (χ1) is 13.1. The van der Waals surface area contributed by atoms with E-state index in [1.54, 1.807) is 7.11 Å². The van der Waals surface area contributed by atoms with Gasteiger partial charge in [-0.1, -0.05) is 6.07 Å². The van der Waals surface area contributed by atoms with Crippen molar-refractivity contribution in [1.82, 2.24) is 9.80 Å². The molecule has 2 aliphatic heterocycles. The lowest BCUT2D eigenvalue weighted by Gasteiger charge is -2.48. The average Bonchev–Trinajstić information content (AvgIpc) is 3.50. The highest BCUT2D eigenvalue weighted by atomic mass is 16.5. The molecule has 0 N–H and O–H groups in total. The fourth-order valence-electron chi connectivity index (χ4n) is 4.78. The van der Waals surface area contributed by atoms with Gasteiger partial charge in [0.25, 0.3) is 0 Å². The Labute approximate surface area is 162 Å². The van der Waals surface area contributed by atoms with Gasteiger partial charge in [-0.05, 0) is 63.3 Å². The van der Waals surface area contributed by atoms with E-state index in [1.165, 1.54) is 31.2 Å². The van der Waals surface area contributed by atoms with Gasteiger partial charge in [0.15, 0.2) is 11.5 Å². The minimum Gasteiger partial charge on any atom is -0.493 e. The summed E-state index contributed by atoms with van der Waals surface area (Å²) in [4.78, 5) is 17.0. The van der Waals surface area contributed by atoms with E-state index in [-0.39, 0.29) is 0 Å². The first kappa shape index (κ1) is 18.6. The van der Waals surface area contributed by atoms with Gasteiger partial charge in [0.2, 0.25) is 5.91 Å². The molecule has 1 aromatic rings. The normalized spacial score (nSPS) is 26.4. The highest BCUT2D eigenvalue weighted by Crippen LogP contribution is 2.42. The second kappa shape index (κ2) is 7.70. The summed E-state index contributed by atoms with van der Waals surface area (Å²) in [7, 11) is 1.69. The molecular weight excluding hydrogens is 340 g/mol. The molecule has 0 unspecified atom stereocenters. The van der Waals surface area contributed by atoms with Gasteiger partial charge in [0.05, 0.1) is 7.11 Å². The molecular formula is C22H32N2O3. The van der Waals surface area contributed by atoms with Crippen LogP contribution in [0.25, 0.3) is 0 Å². The molecule has 0 bridgehead atoms. The van der Waals surface area contributed by atoms with E-state index in [9.17, 15) is 4.79 Å². The van der Waals surface area contributed by atoms with Gasteiger partial charge in [0.1, 0.15) is 6.61 Å². The van der Waals surface area contributed by atoms with Gasteiger partial charge in [-0.15, -0.1) is 0 Å². The number of nitrogens with zero attached hydrogens (tertiary/aromatic N) is 2. The molecule has 0 radical (unpaired) electrons. The fourth-order valence-corrected chi connectivity index (χ4v) is 4.78. The molecule has 27 heavy (non-hydrogen) atoms. The molecule has 5 nitrogen and oxygen atoms in total. The highest BCUT2D eigenvalue weighted by Gasteiger charge is 2.45. The number of amides is 1. The predicted molar refractivity (Wildman–Crippen MR) is 105 cm³/mol. The van der Waals surface area contributed by atoms with Crippen molar-refractivity contribution >= 4 is 5.91 Å². The van der Waals surface area contributed by atoms with Crippen LogP contribution in [0.4, 0.5) is 0 Å². The third-order valence-corrected chi connectivity index (χ3v) is 6.41. The topological polar surface area (TPSA) is 42.0 Å². The molecule has 3 aliphatic rings. The molecule has 1 aliphatic carbocycles. The van der Waals surface area contributed by atoms with Crippen LogP contribution in [0, 0.1) is 12.3 Å². The van der Waals surface area contributed by atoms with E-state index in [2.05, 4.69) is 22.8 Å². The number of hydrogen-bond acceptors (Lipinski definition) is 4. The highest BCUT2D eigenvalue weighted by molar-refractivity contribution is 5.78. The number of hydrogen-bond donors (Lipinski definition) is 0. The quantitative estimate of drug-likeness (QED) is 0.769. The number of benzene rings is 1.